The Morgan fingerprint density at radius 3 is 2.92 bits per heavy atom. The summed E-state index contributed by atoms with van der Waals surface area (Å²) in [5.41, 5.74) is 1.98. The molecule has 0 aliphatic rings. The van der Waals surface area contributed by atoms with Crippen molar-refractivity contribution in [1.29, 1.82) is 0 Å². The summed E-state index contributed by atoms with van der Waals surface area (Å²) in [6, 6.07) is 8.56. The smallest absolute Gasteiger partial charge is 0.186 e. The molecule has 0 aliphatic carbocycles. The minimum absolute atomic E-state index is 0.271. The van der Waals surface area contributed by atoms with E-state index in [1.54, 1.807) is 31.0 Å². The maximum absolute atomic E-state index is 14.1. The number of benzene rings is 1. The summed E-state index contributed by atoms with van der Waals surface area (Å²) in [5, 5.41) is 11.4. The topological polar surface area (TPSA) is 69.3 Å². The summed E-state index contributed by atoms with van der Waals surface area (Å²) in [5.74, 6) is 0.929. The molecule has 1 N–H and O–H groups in total. The van der Waals surface area contributed by atoms with Gasteiger partial charge < -0.3 is 14.6 Å². The normalized spacial score (nSPS) is 11.0. The number of rotatable bonds is 5. The Balaban J connectivity index is 1.68. The van der Waals surface area contributed by atoms with Gasteiger partial charge in [-0.3, -0.25) is 4.40 Å². The Morgan fingerprint density at radius 2 is 2.12 bits per heavy atom. The molecule has 0 amide bonds. The molecule has 8 heteroatoms. The number of ether oxygens (including phenoxy) is 1. The van der Waals surface area contributed by atoms with Gasteiger partial charge in [0.15, 0.2) is 5.65 Å². The SMILES string of the molecule is COc1cccc(F)c1CNc1ccc(-n2ccnc2)c2nncn12. The van der Waals surface area contributed by atoms with Crippen LogP contribution < -0.4 is 10.1 Å². The summed E-state index contributed by atoms with van der Waals surface area (Å²) >= 11 is 0. The first-order valence-electron chi connectivity index (χ1n) is 7.64. The Hall–Kier alpha value is -3.42. The number of imidazole rings is 1. The van der Waals surface area contributed by atoms with Gasteiger partial charge in [-0.25, -0.2) is 9.37 Å². The monoisotopic (exact) mass is 338 g/mol. The highest BCUT2D eigenvalue weighted by molar-refractivity contribution is 5.63. The molecule has 25 heavy (non-hydrogen) atoms. The fourth-order valence-electron chi connectivity index (χ4n) is 2.73. The van der Waals surface area contributed by atoms with E-state index in [0.29, 0.717) is 17.0 Å². The van der Waals surface area contributed by atoms with Crippen LogP contribution in [-0.2, 0) is 6.54 Å². The lowest BCUT2D eigenvalue weighted by Gasteiger charge is -2.13. The summed E-state index contributed by atoms with van der Waals surface area (Å²) in [6.45, 7) is 0.271. The maximum Gasteiger partial charge on any atom is 0.186 e. The van der Waals surface area contributed by atoms with Crippen molar-refractivity contribution >= 4 is 11.5 Å². The van der Waals surface area contributed by atoms with Crippen molar-refractivity contribution in [3.05, 3.63) is 66.8 Å². The van der Waals surface area contributed by atoms with Crippen LogP contribution in [0, 0.1) is 5.82 Å². The number of nitrogens with zero attached hydrogens (tertiary/aromatic N) is 5. The Labute approximate surface area is 142 Å². The van der Waals surface area contributed by atoms with Crippen LogP contribution in [-0.4, -0.2) is 31.3 Å². The van der Waals surface area contributed by atoms with Gasteiger partial charge in [0.05, 0.1) is 19.1 Å². The molecular weight excluding hydrogens is 323 g/mol. The molecular formula is C17H15FN6O. The molecule has 4 aromatic rings. The molecule has 3 heterocycles. The minimum Gasteiger partial charge on any atom is -0.496 e. The highest BCUT2D eigenvalue weighted by Crippen LogP contribution is 2.24. The van der Waals surface area contributed by atoms with E-state index in [1.807, 2.05) is 27.3 Å². The first kappa shape index (κ1) is 15.1. The molecule has 0 unspecified atom stereocenters. The van der Waals surface area contributed by atoms with Crippen LogP contribution in [0.25, 0.3) is 11.3 Å². The number of nitrogens with one attached hydrogen (secondary N) is 1. The van der Waals surface area contributed by atoms with Gasteiger partial charge in [-0.15, -0.1) is 10.2 Å². The van der Waals surface area contributed by atoms with E-state index in [0.717, 1.165) is 11.5 Å². The minimum atomic E-state index is -0.318. The van der Waals surface area contributed by atoms with Crippen LogP contribution in [0.5, 0.6) is 5.75 Å². The average Bonchev–Trinajstić information content (AvgIpc) is 3.32. The number of anilines is 1. The van der Waals surface area contributed by atoms with Crippen LogP contribution in [0.3, 0.4) is 0 Å². The molecule has 1 aromatic carbocycles. The number of hydrogen-bond donors (Lipinski definition) is 1. The number of hydrogen-bond acceptors (Lipinski definition) is 5. The third-order valence-corrected chi connectivity index (χ3v) is 3.96. The summed E-state index contributed by atoms with van der Waals surface area (Å²) in [4.78, 5) is 4.05. The van der Waals surface area contributed by atoms with Crippen LogP contribution in [0.2, 0.25) is 0 Å². The summed E-state index contributed by atoms with van der Waals surface area (Å²) in [6.07, 6.45) is 6.84. The third-order valence-electron chi connectivity index (χ3n) is 3.96. The largest absolute Gasteiger partial charge is 0.496 e. The van der Waals surface area contributed by atoms with E-state index in [-0.39, 0.29) is 12.4 Å². The van der Waals surface area contributed by atoms with Gasteiger partial charge in [-0.1, -0.05) is 6.07 Å². The van der Waals surface area contributed by atoms with E-state index >= 15 is 0 Å². The number of aromatic nitrogens is 5. The van der Waals surface area contributed by atoms with Crippen LogP contribution in [0.15, 0.2) is 55.4 Å². The summed E-state index contributed by atoms with van der Waals surface area (Å²) < 4.78 is 23.0. The average molecular weight is 338 g/mol. The lowest BCUT2D eigenvalue weighted by atomic mass is 10.2. The van der Waals surface area contributed by atoms with Gasteiger partial charge in [-0.2, -0.15) is 0 Å². The molecule has 0 aliphatic heterocycles. The fraction of sp³-hybridized carbons (Fsp3) is 0.118. The zero-order chi connectivity index (χ0) is 17.2. The number of methoxy groups -OCH3 is 1. The second-order valence-electron chi connectivity index (χ2n) is 5.37. The quantitative estimate of drug-likeness (QED) is 0.606. The molecule has 0 saturated heterocycles. The van der Waals surface area contributed by atoms with E-state index < -0.39 is 0 Å². The van der Waals surface area contributed by atoms with Crippen LogP contribution in [0.1, 0.15) is 5.56 Å². The predicted octanol–water partition coefficient (Wildman–Crippen LogP) is 2.67. The zero-order valence-corrected chi connectivity index (χ0v) is 13.4. The highest BCUT2D eigenvalue weighted by Gasteiger charge is 2.12. The molecule has 0 bridgehead atoms. The number of halogens is 1. The Kier molecular flexibility index (Phi) is 3.77. The van der Waals surface area contributed by atoms with Crippen LogP contribution >= 0.6 is 0 Å². The van der Waals surface area contributed by atoms with E-state index in [1.165, 1.54) is 13.2 Å². The maximum atomic E-state index is 14.1. The van der Waals surface area contributed by atoms with Crippen LogP contribution in [0.4, 0.5) is 10.2 Å². The van der Waals surface area contributed by atoms with Crippen molar-refractivity contribution in [2.45, 2.75) is 6.54 Å². The summed E-state index contributed by atoms with van der Waals surface area (Å²) in [7, 11) is 1.52. The molecule has 0 spiro atoms. The van der Waals surface area contributed by atoms with E-state index in [4.69, 9.17) is 4.74 Å². The standard InChI is InChI=1S/C17H15FN6O/c1-25-15-4-2-3-13(18)12(15)9-20-16-6-5-14(23-8-7-19-10-23)17-22-21-11-24(16)17/h2-8,10-11,20H,9H2,1H3. The Morgan fingerprint density at radius 1 is 1.20 bits per heavy atom. The van der Waals surface area contributed by atoms with Gasteiger partial charge in [0.25, 0.3) is 0 Å². The fourth-order valence-corrected chi connectivity index (χ4v) is 2.73. The lowest BCUT2D eigenvalue weighted by Crippen LogP contribution is -2.08. The van der Waals surface area contributed by atoms with Gasteiger partial charge in [-0.05, 0) is 24.3 Å². The predicted molar refractivity (Wildman–Crippen MR) is 90.4 cm³/mol. The van der Waals surface area contributed by atoms with Crippen molar-refractivity contribution in [3.63, 3.8) is 0 Å². The Bertz CT molecular complexity index is 1010. The molecule has 4 rings (SSSR count). The molecule has 126 valence electrons. The number of pyridine rings is 1. The van der Waals surface area contributed by atoms with Crippen molar-refractivity contribution in [1.82, 2.24) is 24.1 Å². The van der Waals surface area contributed by atoms with Gasteiger partial charge in [0.1, 0.15) is 23.7 Å². The molecule has 0 saturated carbocycles. The molecule has 3 aromatic heterocycles. The second kappa shape index (κ2) is 6.23. The van der Waals surface area contributed by atoms with Gasteiger partial charge >= 0.3 is 0 Å². The van der Waals surface area contributed by atoms with Gasteiger partial charge in [0.2, 0.25) is 0 Å². The first-order valence-corrected chi connectivity index (χ1v) is 7.64. The van der Waals surface area contributed by atoms with Crippen molar-refractivity contribution < 1.29 is 9.13 Å². The third kappa shape index (κ3) is 2.67. The second-order valence-corrected chi connectivity index (χ2v) is 5.37. The van der Waals surface area contributed by atoms with Crippen molar-refractivity contribution in [2.24, 2.45) is 0 Å². The lowest BCUT2D eigenvalue weighted by molar-refractivity contribution is 0.405. The van der Waals surface area contributed by atoms with Gasteiger partial charge in [0, 0.05) is 24.5 Å². The molecule has 7 nitrogen and oxygen atoms in total. The first-order chi connectivity index (χ1) is 12.3. The molecule has 0 fully saturated rings. The number of fused-ring (bicyclic) bond motifs is 1. The van der Waals surface area contributed by atoms with E-state index in [2.05, 4.69) is 20.5 Å². The highest BCUT2D eigenvalue weighted by atomic mass is 19.1. The van der Waals surface area contributed by atoms with E-state index in [9.17, 15) is 4.39 Å². The van der Waals surface area contributed by atoms with Crippen molar-refractivity contribution in [3.8, 4) is 11.4 Å². The molecule has 0 radical (unpaired) electrons. The zero-order valence-electron chi connectivity index (χ0n) is 13.4. The molecule has 0 atom stereocenters. The van der Waals surface area contributed by atoms with Crippen molar-refractivity contribution in [2.75, 3.05) is 12.4 Å².